The fraction of sp³-hybridized carbons (Fsp3) is 0.438. The van der Waals surface area contributed by atoms with Gasteiger partial charge in [0.05, 0.1) is 12.7 Å². The van der Waals surface area contributed by atoms with E-state index >= 15 is 0 Å². The number of thiazole rings is 1. The van der Waals surface area contributed by atoms with E-state index in [1.165, 1.54) is 10.4 Å². The van der Waals surface area contributed by atoms with Gasteiger partial charge in [-0.25, -0.2) is 4.98 Å². The highest BCUT2D eigenvalue weighted by Crippen LogP contribution is 2.32. The summed E-state index contributed by atoms with van der Waals surface area (Å²) >= 11 is 1.56. The molecule has 1 atom stereocenters. The lowest BCUT2D eigenvalue weighted by Crippen LogP contribution is -2.53. The molecular weight excluding hydrogens is 282 g/mol. The molecule has 1 fully saturated rings. The third kappa shape index (κ3) is 3.26. The standard InChI is InChI=1S/C16H21N3OS/c1-16(2)11-20-14(12-6-4-3-5-7-12)10-19(16)9-13-8-18-15(17)21-13/h3-8,14H,9-11H2,1-2H3,(H2,17,18). The number of nitrogen functional groups attached to an aromatic ring is 1. The highest BCUT2D eigenvalue weighted by molar-refractivity contribution is 7.15. The minimum Gasteiger partial charge on any atom is -0.375 e. The Balaban J connectivity index is 1.76. The highest BCUT2D eigenvalue weighted by atomic mass is 32.1. The number of aromatic nitrogens is 1. The molecule has 0 saturated carbocycles. The Hall–Kier alpha value is -1.43. The molecule has 0 spiro atoms. The van der Waals surface area contributed by atoms with E-state index in [-0.39, 0.29) is 11.6 Å². The van der Waals surface area contributed by atoms with Crippen LogP contribution in [0.5, 0.6) is 0 Å². The fourth-order valence-electron chi connectivity index (χ4n) is 2.63. The average molecular weight is 303 g/mol. The van der Waals surface area contributed by atoms with Gasteiger partial charge in [-0.15, -0.1) is 11.3 Å². The Morgan fingerprint density at radius 2 is 2.14 bits per heavy atom. The number of anilines is 1. The third-order valence-electron chi connectivity index (χ3n) is 3.97. The van der Waals surface area contributed by atoms with Crippen LogP contribution >= 0.6 is 11.3 Å². The molecule has 2 aromatic rings. The number of nitrogens with two attached hydrogens (primary N) is 1. The summed E-state index contributed by atoms with van der Waals surface area (Å²) in [7, 11) is 0. The topological polar surface area (TPSA) is 51.4 Å². The van der Waals surface area contributed by atoms with Crippen molar-refractivity contribution in [3.63, 3.8) is 0 Å². The summed E-state index contributed by atoms with van der Waals surface area (Å²) in [6.45, 7) is 6.92. The van der Waals surface area contributed by atoms with Crippen LogP contribution in [-0.2, 0) is 11.3 Å². The van der Waals surface area contributed by atoms with Crippen LogP contribution in [0.1, 0.15) is 30.4 Å². The number of benzene rings is 1. The molecule has 1 aliphatic heterocycles. The largest absolute Gasteiger partial charge is 0.375 e. The van der Waals surface area contributed by atoms with E-state index in [1.807, 2.05) is 12.3 Å². The van der Waals surface area contributed by atoms with Gasteiger partial charge in [0.15, 0.2) is 5.13 Å². The molecule has 3 rings (SSSR count). The first-order valence-corrected chi connectivity index (χ1v) is 7.98. The van der Waals surface area contributed by atoms with E-state index in [2.05, 4.69) is 48.0 Å². The molecular formula is C16H21N3OS. The number of hydrogen-bond acceptors (Lipinski definition) is 5. The maximum atomic E-state index is 6.07. The van der Waals surface area contributed by atoms with Crippen molar-refractivity contribution in [1.82, 2.24) is 9.88 Å². The van der Waals surface area contributed by atoms with Crippen molar-refractivity contribution in [2.45, 2.75) is 32.0 Å². The molecule has 2 heterocycles. The Kier molecular flexibility index (Phi) is 3.97. The summed E-state index contributed by atoms with van der Waals surface area (Å²) in [5.41, 5.74) is 6.99. The molecule has 1 aromatic heterocycles. The van der Waals surface area contributed by atoms with Crippen LogP contribution in [0, 0.1) is 0 Å². The van der Waals surface area contributed by atoms with Crippen molar-refractivity contribution in [1.29, 1.82) is 0 Å². The summed E-state index contributed by atoms with van der Waals surface area (Å²) in [5.74, 6) is 0. The van der Waals surface area contributed by atoms with E-state index in [0.717, 1.165) is 19.7 Å². The van der Waals surface area contributed by atoms with Crippen molar-refractivity contribution in [3.8, 4) is 0 Å². The van der Waals surface area contributed by atoms with Crippen LogP contribution in [0.15, 0.2) is 36.5 Å². The molecule has 1 aliphatic rings. The Labute approximate surface area is 129 Å². The van der Waals surface area contributed by atoms with Gasteiger partial charge in [0.2, 0.25) is 0 Å². The van der Waals surface area contributed by atoms with Gasteiger partial charge in [-0.1, -0.05) is 30.3 Å². The molecule has 5 heteroatoms. The summed E-state index contributed by atoms with van der Waals surface area (Å²) in [4.78, 5) is 7.81. The van der Waals surface area contributed by atoms with Gasteiger partial charge in [-0.3, -0.25) is 4.90 Å². The van der Waals surface area contributed by atoms with Crippen molar-refractivity contribution in [3.05, 3.63) is 47.0 Å². The number of rotatable bonds is 3. The predicted molar refractivity (Wildman–Crippen MR) is 86.2 cm³/mol. The third-order valence-corrected chi connectivity index (χ3v) is 4.78. The lowest BCUT2D eigenvalue weighted by molar-refractivity contribution is -0.104. The molecule has 4 nitrogen and oxygen atoms in total. The van der Waals surface area contributed by atoms with Crippen LogP contribution < -0.4 is 5.73 Å². The van der Waals surface area contributed by atoms with Gasteiger partial charge in [0.1, 0.15) is 0 Å². The van der Waals surface area contributed by atoms with E-state index in [9.17, 15) is 0 Å². The number of ether oxygens (including phenoxy) is 1. The zero-order valence-electron chi connectivity index (χ0n) is 12.5. The van der Waals surface area contributed by atoms with E-state index in [0.29, 0.717) is 5.13 Å². The van der Waals surface area contributed by atoms with Crippen molar-refractivity contribution in [2.24, 2.45) is 0 Å². The fourth-order valence-corrected chi connectivity index (χ4v) is 3.33. The summed E-state index contributed by atoms with van der Waals surface area (Å²) in [6.07, 6.45) is 2.01. The molecule has 0 aliphatic carbocycles. The Morgan fingerprint density at radius 1 is 1.38 bits per heavy atom. The van der Waals surface area contributed by atoms with E-state index in [4.69, 9.17) is 10.5 Å². The molecule has 0 radical (unpaired) electrons. The van der Waals surface area contributed by atoms with E-state index < -0.39 is 0 Å². The Morgan fingerprint density at radius 3 is 2.81 bits per heavy atom. The van der Waals surface area contributed by atoms with Gasteiger partial charge in [-0.2, -0.15) is 0 Å². The van der Waals surface area contributed by atoms with Crippen molar-refractivity contribution < 1.29 is 4.74 Å². The maximum absolute atomic E-state index is 6.07. The van der Waals surface area contributed by atoms with Gasteiger partial charge in [0, 0.05) is 29.7 Å². The second kappa shape index (κ2) is 5.75. The summed E-state index contributed by atoms with van der Waals surface area (Å²) < 4.78 is 6.07. The minimum absolute atomic E-state index is 0.0179. The highest BCUT2D eigenvalue weighted by Gasteiger charge is 2.35. The first-order valence-electron chi connectivity index (χ1n) is 7.16. The molecule has 0 amide bonds. The van der Waals surface area contributed by atoms with Gasteiger partial charge in [0.25, 0.3) is 0 Å². The quantitative estimate of drug-likeness (QED) is 0.947. The zero-order valence-corrected chi connectivity index (χ0v) is 13.3. The number of hydrogen-bond donors (Lipinski definition) is 1. The Bertz CT molecular complexity index is 597. The molecule has 112 valence electrons. The molecule has 1 saturated heterocycles. The SMILES string of the molecule is CC1(C)COC(c2ccccc2)CN1Cc1cnc(N)s1. The predicted octanol–water partition coefficient (Wildman–Crippen LogP) is 3.08. The van der Waals surface area contributed by atoms with Crippen LogP contribution in [0.3, 0.4) is 0 Å². The van der Waals surface area contributed by atoms with Crippen molar-refractivity contribution in [2.75, 3.05) is 18.9 Å². The van der Waals surface area contributed by atoms with Crippen molar-refractivity contribution >= 4 is 16.5 Å². The normalized spacial score (nSPS) is 22.3. The second-order valence-electron chi connectivity index (χ2n) is 6.07. The molecule has 1 aromatic carbocycles. The van der Waals surface area contributed by atoms with E-state index in [1.54, 1.807) is 11.3 Å². The maximum Gasteiger partial charge on any atom is 0.180 e. The summed E-state index contributed by atoms with van der Waals surface area (Å²) in [6, 6.07) is 10.4. The number of nitrogens with zero attached hydrogens (tertiary/aromatic N) is 2. The molecule has 0 bridgehead atoms. The van der Waals surface area contributed by atoms with Crippen LogP contribution in [-0.4, -0.2) is 28.6 Å². The lowest BCUT2D eigenvalue weighted by Gasteiger charge is -2.45. The van der Waals surface area contributed by atoms with Gasteiger partial charge < -0.3 is 10.5 Å². The first kappa shape index (κ1) is 14.5. The second-order valence-corrected chi connectivity index (χ2v) is 7.21. The minimum atomic E-state index is 0.0179. The first-order chi connectivity index (χ1) is 10.0. The summed E-state index contributed by atoms with van der Waals surface area (Å²) in [5, 5.41) is 0.635. The van der Waals surface area contributed by atoms with Crippen LogP contribution in [0.25, 0.3) is 0 Å². The molecule has 1 unspecified atom stereocenters. The molecule has 2 N–H and O–H groups in total. The number of morpholine rings is 1. The average Bonchev–Trinajstić information content (AvgIpc) is 2.87. The van der Waals surface area contributed by atoms with Crippen LogP contribution in [0.4, 0.5) is 5.13 Å². The lowest BCUT2D eigenvalue weighted by atomic mass is 9.98. The monoisotopic (exact) mass is 303 g/mol. The smallest absolute Gasteiger partial charge is 0.180 e. The van der Waals surface area contributed by atoms with Gasteiger partial charge >= 0.3 is 0 Å². The molecule has 21 heavy (non-hydrogen) atoms. The van der Waals surface area contributed by atoms with Crippen LogP contribution in [0.2, 0.25) is 0 Å². The van der Waals surface area contributed by atoms with Gasteiger partial charge in [-0.05, 0) is 19.4 Å². The zero-order chi connectivity index (χ0) is 14.9.